The molecule has 0 aliphatic heterocycles. The summed E-state index contributed by atoms with van der Waals surface area (Å²) in [6.45, 7) is 1.46. The van der Waals surface area contributed by atoms with E-state index < -0.39 is 22.0 Å². The first kappa shape index (κ1) is 20.6. The van der Waals surface area contributed by atoms with Crippen LogP contribution < -0.4 is 14.8 Å². The lowest BCUT2D eigenvalue weighted by Gasteiger charge is -2.17. The molecule has 0 aliphatic rings. The maximum Gasteiger partial charge on any atom is 0.245 e. The molecule has 0 heterocycles. The minimum Gasteiger partial charge on any atom is -0.495 e. The van der Waals surface area contributed by atoms with Gasteiger partial charge in [0, 0.05) is 9.92 Å². The number of ether oxygens (including phenoxy) is 1. The van der Waals surface area contributed by atoms with Crippen molar-refractivity contribution in [2.24, 2.45) is 0 Å². The molecule has 0 saturated carbocycles. The number of para-hydroxylation sites is 1. The zero-order chi connectivity index (χ0) is 19.3. The van der Waals surface area contributed by atoms with Crippen LogP contribution in [0.1, 0.15) is 6.92 Å². The average Bonchev–Trinajstić information content (AvgIpc) is 2.61. The first-order valence-electron chi connectivity index (χ1n) is 7.58. The third-order valence-electron chi connectivity index (χ3n) is 3.51. The Bertz CT molecular complexity index is 903. The van der Waals surface area contributed by atoms with Crippen molar-refractivity contribution in [1.29, 1.82) is 0 Å². The topological polar surface area (TPSA) is 84.5 Å². The van der Waals surface area contributed by atoms with E-state index in [2.05, 4.69) is 10.0 Å². The highest BCUT2D eigenvalue weighted by atomic mass is 35.5. The van der Waals surface area contributed by atoms with Crippen molar-refractivity contribution in [3.05, 3.63) is 47.5 Å². The summed E-state index contributed by atoms with van der Waals surface area (Å²) in [4.78, 5) is 13.2. The van der Waals surface area contributed by atoms with Crippen LogP contribution in [0, 0.1) is 0 Å². The molecule has 26 heavy (non-hydrogen) atoms. The molecule has 140 valence electrons. The number of carbonyl (C=O) groups excluding carboxylic acids is 1. The summed E-state index contributed by atoms with van der Waals surface area (Å²) >= 11 is 7.37. The molecular formula is C17H19ClN2O4S2. The minimum absolute atomic E-state index is 0.128. The molecule has 0 bridgehead atoms. The van der Waals surface area contributed by atoms with Crippen LogP contribution in [0.15, 0.2) is 52.3 Å². The van der Waals surface area contributed by atoms with E-state index in [1.165, 1.54) is 44.0 Å². The Morgan fingerprint density at radius 2 is 1.92 bits per heavy atom. The standard InChI is InChI=1S/C17H19ClN2O4S2/c1-11(17(21)19-13-6-4-5-7-15(13)25-3)20-26(22,23)16-10-12(18)8-9-14(16)24-2/h4-11,20H,1-3H3,(H,19,21)/t11-/m0/s1. The molecule has 2 aromatic carbocycles. The molecule has 1 atom stereocenters. The quantitative estimate of drug-likeness (QED) is 0.678. The molecule has 9 heteroatoms. The number of benzene rings is 2. The summed E-state index contributed by atoms with van der Waals surface area (Å²) in [7, 11) is -2.64. The fourth-order valence-electron chi connectivity index (χ4n) is 2.20. The number of carbonyl (C=O) groups is 1. The number of thioether (sulfide) groups is 1. The van der Waals surface area contributed by atoms with Gasteiger partial charge in [0.1, 0.15) is 10.6 Å². The summed E-state index contributed by atoms with van der Waals surface area (Å²) in [5, 5.41) is 2.98. The molecule has 0 unspecified atom stereocenters. The fourth-order valence-corrected chi connectivity index (χ4v) is 4.39. The predicted molar refractivity (Wildman–Crippen MR) is 105 cm³/mol. The number of halogens is 1. The van der Waals surface area contributed by atoms with Crippen LogP contribution in [0.25, 0.3) is 0 Å². The van der Waals surface area contributed by atoms with Crippen molar-refractivity contribution >= 4 is 45.0 Å². The highest BCUT2D eigenvalue weighted by molar-refractivity contribution is 7.98. The molecule has 2 rings (SSSR count). The molecule has 0 aromatic heterocycles. The van der Waals surface area contributed by atoms with Crippen LogP contribution in [0.5, 0.6) is 5.75 Å². The van der Waals surface area contributed by atoms with E-state index in [1.807, 2.05) is 18.4 Å². The second-order valence-electron chi connectivity index (χ2n) is 5.33. The maximum atomic E-state index is 12.6. The number of methoxy groups -OCH3 is 1. The third kappa shape index (κ3) is 4.91. The highest BCUT2D eigenvalue weighted by Crippen LogP contribution is 2.27. The van der Waals surface area contributed by atoms with Crippen LogP contribution in [0.4, 0.5) is 5.69 Å². The summed E-state index contributed by atoms with van der Waals surface area (Å²) in [5.74, 6) is -0.335. The number of amides is 1. The highest BCUT2D eigenvalue weighted by Gasteiger charge is 2.25. The van der Waals surface area contributed by atoms with Gasteiger partial charge in [-0.2, -0.15) is 4.72 Å². The molecule has 0 fully saturated rings. The number of nitrogens with one attached hydrogen (secondary N) is 2. The zero-order valence-corrected chi connectivity index (χ0v) is 16.8. The lowest BCUT2D eigenvalue weighted by molar-refractivity contribution is -0.117. The molecule has 6 nitrogen and oxygen atoms in total. The first-order chi connectivity index (χ1) is 12.3. The van der Waals surface area contributed by atoms with E-state index in [0.29, 0.717) is 5.69 Å². The second kappa shape index (κ2) is 8.77. The summed E-state index contributed by atoms with van der Waals surface area (Å²) in [5.41, 5.74) is 0.622. The summed E-state index contributed by atoms with van der Waals surface area (Å²) in [6, 6.07) is 10.5. The van der Waals surface area contributed by atoms with Crippen molar-refractivity contribution in [3.8, 4) is 5.75 Å². The lowest BCUT2D eigenvalue weighted by Crippen LogP contribution is -2.41. The van der Waals surface area contributed by atoms with Gasteiger partial charge in [-0.25, -0.2) is 8.42 Å². The monoisotopic (exact) mass is 414 g/mol. The molecule has 0 aliphatic carbocycles. The number of hydrogen-bond donors (Lipinski definition) is 2. The molecular weight excluding hydrogens is 396 g/mol. The van der Waals surface area contributed by atoms with Gasteiger partial charge in [0.05, 0.1) is 18.8 Å². The maximum absolute atomic E-state index is 12.6. The van der Waals surface area contributed by atoms with Gasteiger partial charge >= 0.3 is 0 Å². The van der Waals surface area contributed by atoms with Crippen molar-refractivity contribution in [1.82, 2.24) is 4.72 Å². The first-order valence-corrected chi connectivity index (χ1v) is 10.7. The second-order valence-corrected chi connectivity index (χ2v) is 8.29. The summed E-state index contributed by atoms with van der Waals surface area (Å²) in [6.07, 6.45) is 1.89. The Hall–Kier alpha value is -1.74. The van der Waals surface area contributed by atoms with E-state index >= 15 is 0 Å². The molecule has 0 radical (unpaired) electrons. The smallest absolute Gasteiger partial charge is 0.245 e. The average molecular weight is 415 g/mol. The van der Waals surface area contributed by atoms with E-state index in [0.717, 1.165) is 4.90 Å². The van der Waals surface area contributed by atoms with Gasteiger partial charge in [-0.15, -0.1) is 11.8 Å². The van der Waals surface area contributed by atoms with Crippen molar-refractivity contribution < 1.29 is 17.9 Å². The Kier molecular flexibility index (Phi) is 6.94. The van der Waals surface area contributed by atoms with Crippen LogP contribution in [-0.4, -0.2) is 33.7 Å². The number of hydrogen-bond acceptors (Lipinski definition) is 5. The molecule has 1 amide bonds. The van der Waals surface area contributed by atoms with Crippen molar-refractivity contribution in [3.63, 3.8) is 0 Å². The number of sulfonamides is 1. The summed E-state index contributed by atoms with van der Waals surface area (Å²) < 4.78 is 32.7. The SMILES string of the molecule is COc1ccc(Cl)cc1S(=O)(=O)N[C@@H](C)C(=O)Nc1ccccc1SC. The lowest BCUT2D eigenvalue weighted by atomic mass is 10.3. The third-order valence-corrected chi connectivity index (χ3v) is 6.10. The minimum atomic E-state index is -4.00. The van der Waals surface area contributed by atoms with Crippen LogP contribution in [-0.2, 0) is 14.8 Å². The molecule has 0 saturated heterocycles. The van der Waals surface area contributed by atoms with E-state index in [9.17, 15) is 13.2 Å². The number of rotatable bonds is 7. The Labute approximate surface area is 162 Å². The Morgan fingerprint density at radius 3 is 2.58 bits per heavy atom. The van der Waals surface area contributed by atoms with Gasteiger partial charge in [0.2, 0.25) is 15.9 Å². The van der Waals surface area contributed by atoms with E-state index in [-0.39, 0.29) is 15.7 Å². The van der Waals surface area contributed by atoms with Gasteiger partial charge < -0.3 is 10.1 Å². The zero-order valence-electron chi connectivity index (χ0n) is 14.4. The number of anilines is 1. The van der Waals surface area contributed by atoms with Gasteiger partial charge in [0.25, 0.3) is 0 Å². The normalized spacial score (nSPS) is 12.5. The fraction of sp³-hybridized carbons (Fsp3) is 0.235. The molecule has 2 aromatic rings. The van der Waals surface area contributed by atoms with Crippen molar-refractivity contribution in [2.75, 3.05) is 18.7 Å². The Morgan fingerprint density at radius 1 is 1.23 bits per heavy atom. The molecule has 0 spiro atoms. The van der Waals surface area contributed by atoms with Crippen LogP contribution in [0.2, 0.25) is 5.02 Å². The van der Waals surface area contributed by atoms with Crippen molar-refractivity contribution in [2.45, 2.75) is 22.8 Å². The van der Waals surface area contributed by atoms with Crippen LogP contribution in [0.3, 0.4) is 0 Å². The van der Waals surface area contributed by atoms with Gasteiger partial charge in [-0.1, -0.05) is 23.7 Å². The van der Waals surface area contributed by atoms with E-state index in [1.54, 1.807) is 12.1 Å². The predicted octanol–water partition coefficient (Wildman–Crippen LogP) is 3.38. The van der Waals surface area contributed by atoms with E-state index in [4.69, 9.17) is 16.3 Å². The largest absolute Gasteiger partial charge is 0.495 e. The van der Waals surface area contributed by atoms with Gasteiger partial charge in [0.15, 0.2) is 0 Å². The Balaban J connectivity index is 2.19. The van der Waals surface area contributed by atoms with Gasteiger partial charge in [-0.3, -0.25) is 4.79 Å². The van der Waals surface area contributed by atoms with Gasteiger partial charge in [-0.05, 0) is 43.5 Å². The van der Waals surface area contributed by atoms with Crippen LogP contribution >= 0.6 is 23.4 Å². The molecule has 2 N–H and O–H groups in total.